The molecule has 4 heteroatoms. The van der Waals surface area contributed by atoms with Crippen LogP contribution in [0.2, 0.25) is 0 Å². The molecule has 100 valence electrons. The normalized spacial score (nSPS) is 18.3. The molecule has 0 radical (unpaired) electrons. The molecule has 2 rings (SSSR count). The van der Waals surface area contributed by atoms with Crippen LogP contribution in [0.5, 0.6) is 5.88 Å². The summed E-state index contributed by atoms with van der Waals surface area (Å²) in [6, 6.07) is 3.78. The van der Waals surface area contributed by atoms with Gasteiger partial charge in [-0.25, -0.2) is 4.98 Å². The van der Waals surface area contributed by atoms with Gasteiger partial charge in [-0.15, -0.1) is 0 Å². The first-order chi connectivity index (χ1) is 8.72. The molecule has 0 atom stereocenters. The molecule has 1 aliphatic carbocycles. The van der Waals surface area contributed by atoms with Gasteiger partial charge in [0.2, 0.25) is 5.88 Å². The summed E-state index contributed by atoms with van der Waals surface area (Å²) in [6.45, 7) is 3.16. The van der Waals surface area contributed by atoms with Crippen LogP contribution >= 0.6 is 0 Å². The number of aliphatic hydroxyl groups is 1. The highest BCUT2D eigenvalue weighted by Crippen LogP contribution is 2.28. The van der Waals surface area contributed by atoms with Gasteiger partial charge in [0.25, 0.3) is 0 Å². The number of rotatable bonds is 5. The SMILES string of the molecule is CCOc1ccc(NCC2(O)CCCCC2)cn1. The lowest BCUT2D eigenvalue weighted by Crippen LogP contribution is -2.38. The van der Waals surface area contributed by atoms with Crippen LogP contribution in [0, 0.1) is 0 Å². The smallest absolute Gasteiger partial charge is 0.213 e. The van der Waals surface area contributed by atoms with Gasteiger partial charge in [-0.1, -0.05) is 19.3 Å². The summed E-state index contributed by atoms with van der Waals surface area (Å²) >= 11 is 0. The Morgan fingerprint density at radius 2 is 2.11 bits per heavy atom. The number of pyridine rings is 1. The number of nitrogens with one attached hydrogen (secondary N) is 1. The number of hydrogen-bond acceptors (Lipinski definition) is 4. The van der Waals surface area contributed by atoms with Crippen molar-refractivity contribution in [3.05, 3.63) is 18.3 Å². The van der Waals surface area contributed by atoms with E-state index in [2.05, 4.69) is 10.3 Å². The van der Waals surface area contributed by atoms with E-state index in [1.165, 1.54) is 6.42 Å². The number of aromatic nitrogens is 1. The molecule has 4 nitrogen and oxygen atoms in total. The van der Waals surface area contributed by atoms with Gasteiger partial charge in [0.15, 0.2) is 0 Å². The molecule has 0 spiro atoms. The Labute approximate surface area is 108 Å². The fourth-order valence-electron chi connectivity index (χ4n) is 2.37. The summed E-state index contributed by atoms with van der Waals surface area (Å²) in [5.74, 6) is 0.638. The summed E-state index contributed by atoms with van der Waals surface area (Å²) in [6.07, 6.45) is 7.03. The fraction of sp³-hybridized carbons (Fsp3) is 0.643. The van der Waals surface area contributed by atoms with E-state index in [0.717, 1.165) is 31.4 Å². The standard InChI is InChI=1S/C14H22N2O2/c1-2-18-13-7-6-12(10-15-13)16-11-14(17)8-4-3-5-9-14/h6-7,10,16-17H,2-5,8-9,11H2,1H3. The number of nitrogens with zero attached hydrogens (tertiary/aromatic N) is 1. The van der Waals surface area contributed by atoms with E-state index < -0.39 is 5.60 Å². The maximum Gasteiger partial charge on any atom is 0.213 e. The van der Waals surface area contributed by atoms with Gasteiger partial charge in [0.1, 0.15) is 0 Å². The van der Waals surface area contributed by atoms with E-state index in [1.54, 1.807) is 6.20 Å². The van der Waals surface area contributed by atoms with Crippen molar-refractivity contribution in [1.29, 1.82) is 0 Å². The van der Waals surface area contributed by atoms with E-state index in [4.69, 9.17) is 4.74 Å². The van der Waals surface area contributed by atoms with Crippen molar-refractivity contribution in [2.45, 2.75) is 44.6 Å². The highest BCUT2D eigenvalue weighted by Gasteiger charge is 2.28. The molecule has 1 heterocycles. The maximum atomic E-state index is 10.4. The van der Waals surface area contributed by atoms with E-state index in [-0.39, 0.29) is 0 Å². The van der Waals surface area contributed by atoms with Crippen LogP contribution in [0.3, 0.4) is 0 Å². The van der Waals surface area contributed by atoms with Crippen molar-refractivity contribution in [3.8, 4) is 5.88 Å². The number of ether oxygens (including phenoxy) is 1. The minimum absolute atomic E-state index is 0.545. The van der Waals surface area contributed by atoms with Crippen molar-refractivity contribution in [3.63, 3.8) is 0 Å². The van der Waals surface area contributed by atoms with E-state index >= 15 is 0 Å². The van der Waals surface area contributed by atoms with Crippen molar-refractivity contribution in [2.75, 3.05) is 18.5 Å². The molecule has 0 unspecified atom stereocenters. The highest BCUT2D eigenvalue weighted by atomic mass is 16.5. The molecule has 1 aromatic rings. The monoisotopic (exact) mass is 250 g/mol. The Kier molecular flexibility index (Phi) is 4.42. The van der Waals surface area contributed by atoms with Gasteiger partial charge < -0.3 is 15.2 Å². The zero-order valence-electron chi connectivity index (χ0n) is 11.0. The molecule has 0 amide bonds. The third-order valence-electron chi connectivity index (χ3n) is 3.43. The van der Waals surface area contributed by atoms with Crippen LogP contribution in [0.25, 0.3) is 0 Å². The lowest BCUT2D eigenvalue weighted by molar-refractivity contribution is 0.0167. The van der Waals surface area contributed by atoms with Gasteiger partial charge in [-0.2, -0.15) is 0 Å². The van der Waals surface area contributed by atoms with Gasteiger partial charge >= 0.3 is 0 Å². The third kappa shape index (κ3) is 3.60. The largest absolute Gasteiger partial charge is 0.478 e. The zero-order valence-corrected chi connectivity index (χ0v) is 11.0. The Balaban J connectivity index is 1.85. The zero-order chi connectivity index (χ0) is 12.8. The van der Waals surface area contributed by atoms with Crippen molar-refractivity contribution >= 4 is 5.69 Å². The summed E-state index contributed by atoms with van der Waals surface area (Å²) < 4.78 is 5.29. The van der Waals surface area contributed by atoms with Gasteiger partial charge in [0, 0.05) is 12.6 Å². The van der Waals surface area contributed by atoms with Gasteiger partial charge in [0.05, 0.1) is 24.1 Å². The lowest BCUT2D eigenvalue weighted by atomic mass is 9.85. The van der Waals surface area contributed by atoms with Crippen LogP contribution in [0.4, 0.5) is 5.69 Å². The van der Waals surface area contributed by atoms with E-state index in [0.29, 0.717) is 19.0 Å². The van der Waals surface area contributed by atoms with E-state index in [1.807, 2.05) is 19.1 Å². The van der Waals surface area contributed by atoms with Gasteiger partial charge in [-0.05, 0) is 25.8 Å². The van der Waals surface area contributed by atoms with Crippen LogP contribution in [0.1, 0.15) is 39.0 Å². The van der Waals surface area contributed by atoms with Crippen LogP contribution in [-0.4, -0.2) is 28.8 Å². The molecule has 0 saturated heterocycles. The first-order valence-corrected chi connectivity index (χ1v) is 6.77. The van der Waals surface area contributed by atoms with E-state index in [9.17, 15) is 5.11 Å². The Morgan fingerprint density at radius 1 is 1.33 bits per heavy atom. The molecule has 1 aromatic heterocycles. The molecule has 1 fully saturated rings. The summed E-state index contributed by atoms with van der Waals surface area (Å²) in [5, 5.41) is 13.6. The van der Waals surface area contributed by atoms with Crippen molar-refractivity contribution in [2.24, 2.45) is 0 Å². The predicted octanol–water partition coefficient (Wildman–Crippen LogP) is 2.59. The Morgan fingerprint density at radius 3 is 2.72 bits per heavy atom. The lowest BCUT2D eigenvalue weighted by Gasteiger charge is -2.32. The predicted molar refractivity (Wildman–Crippen MR) is 71.9 cm³/mol. The summed E-state index contributed by atoms with van der Waals surface area (Å²) in [5.41, 5.74) is 0.383. The topological polar surface area (TPSA) is 54.4 Å². The second-order valence-electron chi connectivity index (χ2n) is 4.96. The minimum Gasteiger partial charge on any atom is -0.478 e. The molecular formula is C14H22N2O2. The Hall–Kier alpha value is -1.29. The average molecular weight is 250 g/mol. The molecule has 0 bridgehead atoms. The van der Waals surface area contributed by atoms with Crippen LogP contribution in [0.15, 0.2) is 18.3 Å². The van der Waals surface area contributed by atoms with Gasteiger partial charge in [-0.3, -0.25) is 0 Å². The molecule has 0 aromatic carbocycles. The molecule has 18 heavy (non-hydrogen) atoms. The highest BCUT2D eigenvalue weighted by molar-refractivity contribution is 5.42. The average Bonchev–Trinajstić information content (AvgIpc) is 2.39. The molecular weight excluding hydrogens is 228 g/mol. The fourth-order valence-corrected chi connectivity index (χ4v) is 2.37. The minimum atomic E-state index is -0.545. The van der Waals surface area contributed by atoms with Crippen molar-refractivity contribution < 1.29 is 9.84 Å². The third-order valence-corrected chi connectivity index (χ3v) is 3.43. The molecule has 1 saturated carbocycles. The first kappa shape index (κ1) is 13.1. The maximum absolute atomic E-state index is 10.4. The quantitative estimate of drug-likeness (QED) is 0.843. The number of anilines is 1. The van der Waals surface area contributed by atoms with Crippen LogP contribution < -0.4 is 10.1 Å². The first-order valence-electron chi connectivity index (χ1n) is 6.77. The second kappa shape index (κ2) is 6.05. The van der Waals surface area contributed by atoms with Crippen LogP contribution in [-0.2, 0) is 0 Å². The molecule has 2 N–H and O–H groups in total. The summed E-state index contributed by atoms with van der Waals surface area (Å²) in [4.78, 5) is 4.19. The molecule has 0 aliphatic heterocycles. The second-order valence-corrected chi connectivity index (χ2v) is 4.96. The summed E-state index contributed by atoms with van der Waals surface area (Å²) in [7, 11) is 0. The molecule has 1 aliphatic rings. The van der Waals surface area contributed by atoms with Crippen molar-refractivity contribution in [1.82, 2.24) is 4.98 Å². The Bertz CT molecular complexity index is 359. The number of hydrogen-bond donors (Lipinski definition) is 2.